The Hall–Kier alpha value is 0.0738. The number of nitrogens with two attached hydrogens (primary N) is 1. The van der Waals surface area contributed by atoms with Gasteiger partial charge in [-0.3, -0.25) is 0 Å². The van der Waals surface area contributed by atoms with Crippen molar-refractivity contribution < 1.29 is 31.3 Å². The van der Waals surface area contributed by atoms with Crippen LogP contribution in [0.3, 0.4) is 0 Å². The third-order valence-corrected chi connectivity index (χ3v) is 11.6. The number of hydrogen-bond donors (Lipinski definition) is 2. The van der Waals surface area contributed by atoms with E-state index in [9.17, 15) is 0 Å². The van der Waals surface area contributed by atoms with Gasteiger partial charge in [0.05, 0.1) is 12.2 Å². The van der Waals surface area contributed by atoms with E-state index in [0.717, 1.165) is 43.9 Å². The van der Waals surface area contributed by atoms with Crippen LogP contribution in [0, 0.1) is 5.92 Å². The van der Waals surface area contributed by atoms with Gasteiger partial charge in [0.15, 0.2) is 0 Å². The topological polar surface area (TPSA) is 106 Å². The zero-order chi connectivity index (χ0) is 22.5. The molecule has 0 radical (unpaired) electrons. The largest absolute Gasteiger partial charge is 0.500 e. The van der Waals surface area contributed by atoms with Crippen LogP contribution in [0.4, 0.5) is 0 Å². The van der Waals surface area contributed by atoms with Crippen LogP contribution in [0.1, 0.15) is 32.1 Å². The van der Waals surface area contributed by atoms with E-state index < -0.39 is 17.6 Å². The van der Waals surface area contributed by atoms with E-state index in [1.165, 1.54) is 19.3 Å². The van der Waals surface area contributed by atoms with E-state index in [-0.39, 0.29) is 0 Å². The predicted molar refractivity (Wildman–Crippen MR) is 120 cm³/mol. The first-order valence-corrected chi connectivity index (χ1v) is 14.7. The van der Waals surface area contributed by atoms with Gasteiger partial charge in [-0.15, -0.1) is 0 Å². The molecule has 11 heteroatoms. The van der Waals surface area contributed by atoms with Crippen molar-refractivity contribution in [2.75, 3.05) is 62.3 Å². The minimum atomic E-state index is -2.35. The molecule has 30 heavy (non-hydrogen) atoms. The molecule has 1 saturated carbocycles. The molecule has 9 nitrogen and oxygen atoms in total. The SMILES string of the molecule is CO[Si](CCC1CCC2OC2C1)(OC)OC.CO[Si](CCCNCCN)(OC)OC. The molecule has 0 aromatic heterocycles. The molecule has 0 amide bonds. The van der Waals surface area contributed by atoms with Crippen LogP contribution in [-0.4, -0.2) is 92.1 Å². The lowest BCUT2D eigenvalue weighted by Crippen LogP contribution is -2.43. The lowest BCUT2D eigenvalue weighted by atomic mass is 9.88. The first-order chi connectivity index (χ1) is 14.5. The molecular formula is C19H44N2O7Si2. The molecule has 1 aliphatic heterocycles. The third kappa shape index (κ3) is 9.29. The number of hydrogen-bond acceptors (Lipinski definition) is 9. The van der Waals surface area contributed by atoms with Crippen molar-refractivity contribution in [3.63, 3.8) is 0 Å². The first kappa shape index (κ1) is 28.1. The summed E-state index contributed by atoms with van der Waals surface area (Å²) in [6.07, 6.45) is 6.98. The molecule has 1 heterocycles. The molecule has 1 aliphatic carbocycles. The number of ether oxygens (including phenoxy) is 1. The monoisotopic (exact) mass is 468 g/mol. The van der Waals surface area contributed by atoms with Gasteiger partial charge in [-0.1, -0.05) is 0 Å². The fourth-order valence-corrected chi connectivity index (χ4v) is 7.50. The minimum Gasteiger partial charge on any atom is -0.377 e. The van der Waals surface area contributed by atoms with Gasteiger partial charge < -0.3 is 42.3 Å². The maximum absolute atomic E-state index is 5.54. The second-order valence-electron chi connectivity index (χ2n) is 7.66. The third-order valence-electron chi connectivity index (χ3n) is 6.00. The second-order valence-corrected chi connectivity index (χ2v) is 13.8. The Kier molecular flexibility index (Phi) is 14.1. The van der Waals surface area contributed by atoms with E-state index in [1.54, 1.807) is 42.7 Å². The van der Waals surface area contributed by atoms with Crippen molar-refractivity contribution in [1.29, 1.82) is 0 Å². The average Bonchev–Trinajstić information content (AvgIpc) is 3.57. The van der Waals surface area contributed by atoms with Crippen LogP contribution in [-0.2, 0) is 31.3 Å². The fourth-order valence-electron chi connectivity index (χ4n) is 3.90. The molecule has 3 N–H and O–H groups in total. The van der Waals surface area contributed by atoms with E-state index in [0.29, 0.717) is 18.8 Å². The summed E-state index contributed by atoms with van der Waals surface area (Å²) < 4.78 is 37.7. The van der Waals surface area contributed by atoms with Gasteiger partial charge in [0.1, 0.15) is 0 Å². The van der Waals surface area contributed by atoms with Crippen LogP contribution in [0.15, 0.2) is 0 Å². The van der Waals surface area contributed by atoms with Crippen LogP contribution < -0.4 is 11.1 Å². The van der Waals surface area contributed by atoms with E-state index in [2.05, 4.69) is 5.32 Å². The van der Waals surface area contributed by atoms with E-state index in [4.69, 9.17) is 37.0 Å². The molecule has 1 saturated heterocycles. The Morgan fingerprint density at radius 3 is 1.87 bits per heavy atom. The quantitative estimate of drug-likeness (QED) is 0.211. The zero-order valence-corrected chi connectivity index (χ0v) is 21.7. The smallest absolute Gasteiger partial charge is 0.377 e. The van der Waals surface area contributed by atoms with Crippen molar-refractivity contribution in [3.05, 3.63) is 0 Å². The fraction of sp³-hybridized carbons (Fsp3) is 1.00. The van der Waals surface area contributed by atoms with E-state index in [1.807, 2.05) is 0 Å². The van der Waals surface area contributed by atoms with Gasteiger partial charge in [-0.2, -0.15) is 0 Å². The normalized spacial score (nSPS) is 23.5. The van der Waals surface area contributed by atoms with Gasteiger partial charge in [0, 0.05) is 67.8 Å². The van der Waals surface area contributed by atoms with Gasteiger partial charge in [-0.05, 0) is 44.6 Å². The Morgan fingerprint density at radius 2 is 1.37 bits per heavy atom. The van der Waals surface area contributed by atoms with Crippen molar-refractivity contribution in [3.8, 4) is 0 Å². The summed E-state index contributed by atoms with van der Waals surface area (Å²) in [7, 11) is 5.24. The highest BCUT2D eigenvalue weighted by Gasteiger charge is 2.45. The van der Waals surface area contributed by atoms with Crippen LogP contribution >= 0.6 is 0 Å². The summed E-state index contributed by atoms with van der Waals surface area (Å²) in [4.78, 5) is 0. The molecular weight excluding hydrogens is 424 g/mol. The minimum absolute atomic E-state index is 0.558. The molecule has 3 atom stereocenters. The molecule has 0 bridgehead atoms. The maximum Gasteiger partial charge on any atom is 0.500 e. The summed E-state index contributed by atoms with van der Waals surface area (Å²) in [6, 6.07) is 1.74. The summed E-state index contributed by atoms with van der Waals surface area (Å²) in [5.41, 5.74) is 5.35. The highest BCUT2D eigenvalue weighted by molar-refractivity contribution is 6.60. The van der Waals surface area contributed by atoms with E-state index >= 15 is 0 Å². The number of rotatable bonds is 15. The Morgan fingerprint density at radius 1 is 0.800 bits per heavy atom. The maximum atomic E-state index is 5.54. The lowest BCUT2D eigenvalue weighted by molar-refractivity contribution is 0.120. The lowest BCUT2D eigenvalue weighted by Gasteiger charge is -2.27. The van der Waals surface area contributed by atoms with Crippen molar-refractivity contribution >= 4 is 17.6 Å². The van der Waals surface area contributed by atoms with Crippen LogP contribution in [0.25, 0.3) is 0 Å². The highest BCUT2D eigenvalue weighted by Crippen LogP contribution is 2.41. The Balaban J connectivity index is 0.000000304. The zero-order valence-electron chi connectivity index (χ0n) is 19.7. The average molecular weight is 469 g/mol. The van der Waals surface area contributed by atoms with Crippen molar-refractivity contribution in [2.24, 2.45) is 11.7 Å². The molecule has 2 rings (SSSR count). The molecule has 2 aliphatic rings. The van der Waals surface area contributed by atoms with Gasteiger partial charge in [0.2, 0.25) is 0 Å². The standard InChI is InChI=1S/C11H22O4Si.C8H22N2O3Si/c1-12-16(13-2,14-3)7-6-9-4-5-10-11(8-9)15-10;1-11-14(12-2,13-3)8-4-6-10-7-5-9/h9-11H,4-8H2,1-3H3;10H,4-9H2,1-3H3. The van der Waals surface area contributed by atoms with Gasteiger partial charge >= 0.3 is 17.6 Å². The van der Waals surface area contributed by atoms with Crippen LogP contribution in [0.2, 0.25) is 12.1 Å². The Labute approximate surface area is 184 Å². The number of nitrogens with one attached hydrogen (secondary N) is 1. The summed E-state index contributed by atoms with van der Waals surface area (Å²) in [5, 5.41) is 3.21. The summed E-state index contributed by atoms with van der Waals surface area (Å²) in [6.45, 7) is 2.44. The summed E-state index contributed by atoms with van der Waals surface area (Å²) in [5.74, 6) is 0.760. The van der Waals surface area contributed by atoms with Gasteiger partial charge in [-0.25, -0.2) is 0 Å². The second kappa shape index (κ2) is 15.0. The molecule has 2 fully saturated rings. The predicted octanol–water partition coefficient (Wildman–Crippen LogP) is 1.63. The highest BCUT2D eigenvalue weighted by atomic mass is 28.4. The molecule has 0 aromatic rings. The van der Waals surface area contributed by atoms with Crippen molar-refractivity contribution in [2.45, 2.75) is 56.4 Å². The number of fused-ring (bicyclic) bond motifs is 1. The molecule has 3 unspecified atom stereocenters. The van der Waals surface area contributed by atoms with Crippen molar-refractivity contribution in [1.82, 2.24) is 5.32 Å². The van der Waals surface area contributed by atoms with Crippen LogP contribution in [0.5, 0.6) is 0 Å². The Bertz CT molecular complexity index is 427. The summed E-state index contributed by atoms with van der Waals surface area (Å²) >= 11 is 0. The first-order valence-electron chi connectivity index (χ1n) is 10.8. The molecule has 180 valence electrons. The molecule has 0 spiro atoms. The van der Waals surface area contributed by atoms with Gasteiger partial charge in [0.25, 0.3) is 0 Å². The molecule has 0 aromatic carbocycles. The number of epoxide rings is 1.